The highest BCUT2D eigenvalue weighted by atomic mass is 16.3. The van der Waals surface area contributed by atoms with Crippen LogP contribution in [0.25, 0.3) is 0 Å². The third kappa shape index (κ3) is 5.05. The zero-order valence-corrected chi connectivity index (χ0v) is 5.48. The number of unbranched alkanes of at least 4 members (excludes halogenated alkanes) is 1. The molecule has 0 aliphatic carbocycles. The van der Waals surface area contributed by atoms with Crippen molar-refractivity contribution in [2.75, 3.05) is 6.61 Å². The molecule has 0 radical (unpaired) electrons. The molecule has 0 amide bonds. The van der Waals surface area contributed by atoms with E-state index in [1.807, 2.05) is 6.92 Å². The highest BCUT2D eigenvalue weighted by Crippen LogP contribution is 1.80. The van der Waals surface area contributed by atoms with E-state index in [-0.39, 0.29) is 0 Å². The fraction of sp³-hybridized carbons (Fsp3) is 0.571. The van der Waals surface area contributed by atoms with Gasteiger partial charge < -0.3 is 5.11 Å². The lowest BCUT2D eigenvalue weighted by Gasteiger charge is -1.78. The van der Waals surface area contributed by atoms with Crippen LogP contribution < -0.4 is 0 Å². The van der Waals surface area contributed by atoms with Gasteiger partial charge in [0.1, 0.15) is 6.61 Å². The van der Waals surface area contributed by atoms with Gasteiger partial charge in [0.05, 0.1) is 0 Å². The number of hydrogen-bond acceptors (Lipinski definition) is 2. The monoisotopic (exact) mass is 126 g/mol. The Morgan fingerprint density at radius 2 is 2.33 bits per heavy atom. The van der Waals surface area contributed by atoms with E-state index in [1.54, 1.807) is 0 Å². The van der Waals surface area contributed by atoms with Crippen LogP contribution in [0, 0.1) is 11.8 Å². The summed E-state index contributed by atoms with van der Waals surface area (Å²) in [5, 5.41) is 8.18. The second kappa shape index (κ2) is 5.33. The number of ketones is 1. The van der Waals surface area contributed by atoms with E-state index in [0.717, 1.165) is 12.8 Å². The van der Waals surface area contributed by atoms with Crippen LogP contribution in [0.5, 0.6) is 0 Å². The van der Waals surface area contributed by atoms with Crippen molar-refractivity contribution in [2.45, 2.75) is 19.8 Å². The molecule has 0 heterocycles. The van der Waals surface area contributed by atoms with Crippen LogP contribution >= 0.6 is 0 Å². The standard InChI is InChI=1S/C7H10O2/c1-2-3-4-5-7(9)6-8/h8H,2-3,6H2,1H3. The number of aliphatic hydroxyl groups is 1. The van der Waals surface area contributed by atoms with Gasteiger partial charge in [-0.25, -0.2) is 0 Å². The molecule has 2 nitrogen and oxygen atoms in total. The largest absolute Gasteiger partial charge is 0.387 e. The Hall–Kier alpha value is -0.810. The van der Waals surface area contributed by atoms with Crippen molar-refractivity contribution in [3.8, 4) is 11.8 Å². The molecule has 0 aromatic rings. The highest BCUT2D eigenvalue weighted by molar-refractivity contribution is 5.96. The molecule has 50 valence electrons. The van der Waals surface area contributed by atoms with Crippen LogP contribution in [0.4, 0.5) is 0 Å². The molecule has 2 heteroatoms. The van der Waals surface area contributed by atoms with Crippen LogP contribution in [-0.4, -0.2) is 17.5 Å². The Bertz CT molecular complexity index is 139. The van der Waals surface area contributed by atoms with Crippen molar-refractivity contribution in [2.24, 2.45) is 0 Å². The Kier molecular flexibility index (Phi) is 4.85. The van der Waals surface area contributed by atoms with Gasteiger partial charge in [0, 0.05) is 6.42 Å². The van der Waals surface area contributed by atoms with Gasteiger partial charge in [-0.2, -0.15) is 0 Å². The quantitative estimate of drug-likeness (QED) is 0.428. The first-order valence-corrected chi connectivity index (χ1v) is 2.93. The maximum Gasteiger partial charge on any atom is 0.230 e. The predicted octanol–water partition coefficient (Wildman–Crippen LogP) is 0.351. The molecule has 0 aliphatic rings. The van der Waals surface area contributed by atoms with Gasteiger partial charge in [-0.3, -0.25) is 4.79 Å². The second-order valence-electron chi connectivity index (χ2n) is 1.63. The fourth-order valence-electron chi connectivity index (χ4n) is 0.326. The topological polar surface area (TPSA) is 37.3 Å². The van der Waals surface area contributed by atoms with E-state index in [9.17, 15) is 4.79 Å². The van der Waals surface area contributed by atoms with Crippen molar-refractivity contribution in [3.63, 3.8) is 0 Å². The Labute approximate surface area is 54.9 Å². The molecule has 0 saturated carbocycles. The maximum atomic E-state index is 10.3. The van der Waals surface area contributed by atoms with Crippen LogP contribution in [0.2, 0.25) is 0 Å². The van der Waals surface area contributed by atoms with E-state index in [2.05, 4.69) is 11.8 Å². The molecule has 1 N–H and O–H groups in total. The number of hydrogen-bond donors (Lipinski definition) is 1. The van der Waals surface area contributed by atoms with Crippen LogP contribution in [0.1, 0.15) is 19.8 Å². The summed E-state index contributed by atoms with van der Waals surface area (Å²) in [6, 6.07) is 0. The average Bonchev–Trinajstić information content (AvgIpc) is 1.89. The molecule has 0 fully saturated rings. The Balaban J connectivity index is 3.46. The molecular weight excluding hydrogens is 116 g/mol. The average molecular weight is 126 g/mol. The summed E-state index contributed by atoms with van der Waals surface area (Å²) >= 11 is 0. The highest BCUT2D eigenvalue weighted by Gasteiger charge is 1.87. The number of rotatable bonds is 2. The summed E-state index contributed by atoms with van der Waals surface area (Å²) < 4.78 is 0. The zero-order chi connectivity index (χ0) is 7.11. The number of carbonyl (C=O) groups excluding carboxylic acids is 1. The zero-order valence-electron chi connectivity index (χ0n) is 5.48. The lowest BCUT2D eigenvalue weighted by atomic mass is 10.3. The third-order valence-corrected chi connectivity index (χ3v) is 0.746. The predicted molar refractivity (Wildman–Crippen MR) is 34.8 cm³/mol. The van der Waals surface area contributed by atoms with E-state index in [1.165, 1.54) is 0 Å². The molecule has 0 aromatic carbocycles. The van der Waals surface area contributed by atoms with Gasteiger partial charge in [0.15, 0.2) is 0 Å². The third-order valence-electron chi connectivity index (χ3n) is 0.746. The molecule has 9 heavy (non-hydrogen) atoms. The number of carbonyl (C=O) groups is 1. The maximum absolute atomic E-state index is 10.3. The summed E-state index contributed by atoms with van der Waals surface area (Å²) in [5.41, 5.74) is 0. The molecule has 0 aromatic heterocycles. The lowest BCUT2D eigenvalue weighted by molar-refractivity contribution is -0.116. The van der Waals surface area contributed by atoms with Crippen molar-refractivity contribution >= 4 is 5.78 Å². The van der Waals surface area contributed by atoms with Crippen molar-refractivity contribution in [3.05, 3.63) is 0 Å². The van der Waals surface area contributed by atoms with Crippen molar-refractivity contribution < 1.29 is 9.90 Å². The van der Waals surface area contributed by atoms with Crippen molar-refractivity contribution in [1.29, 1.82) is 0 Å². The first kappa shape index (κ1) is 8.19. The van der Waals surface area contributed by atoms with Crippen LogP contribution in [-0.2, 0) is 4.79 Å². The first-order valence-electron chi connectivity index (χ1n) is 2.93. The molecule has 0 spiro atoms. The Morgan fingerprint density at radius 1 is 1.67 bits per heavy atom. The molecule has 0 bridgehead atoms. The normalized spacial score (nSPS) is 7.78. The molecule has 0 unspecified atom stereocenters. The Morgan fingerprint density at radius 3 is 2.78 bits per heavy atom. The van der Waals surface area contributed by atoms with E-state index in [4.69, 9.17) is 5.11 Å². The van der Waals surface area contributed by atoms with Gasteiger partial charge in [0.25, 0.3) is 0 Å². The summed E-state index contributed by atoms with van der Waals surface area (Å²) in [4.78, 5) is 10.3. The molecule has 0 rings (SSSR count). The minimum Gasteiger partial charge on any atom is -0.387 e. The van der Waals surface area contributed by atoms with Crippen LogP contribution in [0.3, 0.4) is 0 Å². The summed E-state index contributed by atoms with van der Waals surface area (Å²) in [6.45, 7) is 1.52. The van der Waals surface area contributed by atoms with Gasteiger partial charge in [-0.15, -0.1) is 0 Å². The fourth-order valence-corrected chi connectivity index (χ4v) is 0.326. The second-order valence-corrected chi connectivity index (χ2v) is 1.63. The van der Waals surface area contributed by atoms with E-state index >= 15 is 0 Å². The smallest absolute Gasteiger partial charge is 0.230 e. The first-order chi connectivity index (χ1) is 4.31. The summed E-state index contributed by atoms with van der Waals surface area (Å²) in [6.07, 6.45) is 1.68. The molecule has 0 atom stereocenters. The van der Waals surface area contributed by atoms with Crippen LogP contribution in [0.15, 0.2) is 0 Å². The SMILES string of the molecule is CCCC#CC(=O)CO. The number of Topliss-reactive ketones (excluding diaryl/α,β-unsaturated/α-hetero) is 1. The van der Waals surface area contributed by atoms with E-state index in [0.29, 0.717) is 0 Å². The molecular formula is C7H10O2. The van der Waals surface area contributed by atoms with Gasteiger partial charge in [-0.05, 0) is 12.3 Å². The summed E-state index contributed by atoms with van der Waals surface area (Å²) in [7, 11) is 0. The van der Waals surface area contributed by atoms with Gasteiger partial charge in [0.2, 0.25) is 5.78 Å². The van der Waals surface area contributed by atoms with Gasteiger partial charge >= 0.3 is 0 Å². The number of aliphatic hydroxyl groups excluding tert-OH is 1. The van der Waals surface area contributed by atoms with E-state index < -0.39 is 12.4 Å². The summed E-state index contributed by atoms with van der Waals surface area (Å²) in [5.74, 6) is 4.52. The minimum absolute atomic E-state index is 0.400. The molecule has 0 aliphatic heterocycles. The lowest BCUT2D eigenvalue weighted by Crippen LogP contribution is -1.98. The van der Waals surface area contributed by atoms with Crippen molar-refractivity contribution in [1.82, 2.24) is 0 Å². The van der Waals surface area contributed by atoms with Gasteiger partial charge in [-0.1, -0.05) is 12.8 Å². The minimum atomic E-state index is -0.462. The molecule has 0 saturated heterocycles.